The largest absolute Gasteiger partial charge is 0.378 e. The molecule has 0 aliphatic carbocycles. The molecule has 0 bridgehead atoms. The Kier molecular flexibility index (Phi) is 12.3. The summed E-state index contributed by atoms with van der Waals surface area (Å²) in [5, 5.41) is 0. The first-order valence-electron chi connectivity index (χ1n) is 7.47. The van der Waals surface area contributed by atoms with E-state index in [9.17, 15) is 0 Å². The first-order valence-corrected chi connectivity index (χ1v) is 9.78. The van der Waals surface area contributed by atoms with E-state index in [1.165, 1.54) is 23.0 Å². The molecule has 6 heteroatoms. The van der Waals surface area contributed by atoms with Crippen LogP contribution in [0.5, 0.6) is 0 Å². The minimum atomic E-state index is 0.710. The van der Waals surface area contributed by atoms with Crippen LogP contribution in [-0.2, 0) is 9.47 Å². The van der Waals surface area contributed by atoms with Crippen molar-refractivity contribution in [3.8, 4) is 0 Å². The highest BCUT2D eigenvalue weighted by molar-refractivity contribution is 8.02. The van der Waals surface area contributed by atoms with Gasteiger partial charge < -0.3 is 19.3 Å². The SMILES string of the molecule is CN1CCOCCOCCN(C)CCSCCSCC1. The zero-order valence-electron chi connectivity index (χ0n) is 13.0. The van der Waals surface area contributed by atoms with Gasteiger partial charge in [0.25, 0.3) is 0 Å². The lowest BCUT2D eigenvalue weighted by Gasteiger charge is -2.18. The van der Waals surface area contributed by atoms with Gasteiger partial charge >= 0.3 is 0 Å². The fourth-order valence-corrected chi connectivity index (χ4v) is 3.98. The molecule has 0 N–H and O–H groups in total. The van der Waals surface area contributed by atoms with E-state index in [2.05, 4.69) is 47.4 Å². The summed E-state index contributed by atoms with van der Waals surface area (Å²) in [5.41, 5.74) is 0. The Hall–Kier alpha value is 0.540. The Morgan fingerprint density at radius 1 is 0.600 bits per heavy atom. The van der Waals surface area contributed by atoms with E-state index in [1.54, 1.807) is 0 Å². The molecule has 0 saturated carbocycles. The Morgan fingerprint density at radius 2 is 1.05 bits per heavy atom. The molecule has 0 amide bonds. The van der Waals surface area contributed by atoms with Crippen LogP contribution in [0, 0.1) is 0 Å². The van der Waals surface area contributed by atoms with E-state index in [1.807, 2.05) is 0 Å². The average molecular weight is 323 g/mol. The Bertz CT molecular complexity index is 181. The van der Waals surface area contributed by atoms with Gasteiger partial charge in [0.15, 0.2) is 0 Å². The number of nitrogens with zero attached hydrogens (tertiary/aromatic N) is 2. The molecular formula is C14H30N2O2S2. The molecule has 0 aromatic carbocycles. The van der Waals surface area contributed by atoms with Gasteiger partial charge in [0.2, 0.25) is 0 Å². The molecule has 0 aromatic heterocycles. The van der Waals surface area contributed by atoms with Crippen LogP contribution in [0.15, 0.2) is 0 Å². The van der Waals surface area contributed by atoms with Crippen molar-refractivity contribution < 1.29 is 9.47 Å². The molecule has 1 heterocycles. The van der Waals surface area contributed by atoms with Crippen LogP contribution in [0.3, 0.4) is 0 Å². The van der Waals surface area contributed by atoms with Gasteiger partial charge in [-0.3, -0.25) is 0 Å². The highest BCUT2D eigenvalue weighted by atomic mass is 32.2. The van der Waals surface area contributed by atoms with E-state index in [0.29, 0.717) is 13.2 Å². The van der Waals surface area contributed by atoms with Crippen molar-refractivity contribution in [1.82, 2.24) is 9.80 Å². The second-order valence-electron chi connectivity index (χ2n) is 5.06. The quantitative estimate of drug-likeness (QED) is 0.668. The maximum absolute atomic E-state index is 5.59. The van der Waals surface area contributed by atoms with Gasteiger partial charge in [-0.25, -0.2) is 0 Å². The predicted octanol–water partition coefficient (Wildman–Crippen LogP) is 1.36. The summed E-state index contributed by atoms with van der Waals surface area (Å²) < 4.78 is 11.2. The lowest BCUT2D eigenvalue weighted by Crippen LogP contribution is -2.27. The standard InChI is InChI=1S/C14H30N2O2S2/c1-15-3-7-17-9-10-18-8-4-16(2)6-12-20-14-13-19-11-5-15/h3-14H2,1-2H3. The topological polar surface area (TPSA) is 24.9 Å². The number of likely N-dealkylation sites (N-methyl/N-ethyl adjacent to an activating group) is 2. The molecular weight excluding hydrogens is 292 g/mol. The van der Waals surface area contributed by atoms with Crippen LogP contribution < -0.4 is 0 Å². The maximum Gasteiger partial charge on any atom is 0.0701 e. The van der Waals surface area contributed by atoms with Gasteiger partial charge in [-0.1, -0.05) is 0 Å². The van der Waals surface area contributed by atoms with Gasteiger partial charge in [-0.2, -0.15) is 23.5 Å². The summed E-state index contributed by atoms with van der Waals surface area (Å²) >= 11 is 4.13. The third-order valence-corrected chi connectivity index (χ3v) is 5.40. The Morgan fingerprint density at radius 3 is 1.50 bits per heavy atom. The fourth-order valence-electron chi connectivity index (χ4n) is 1.75. The number of rotatable bonds is 0. The molecule has 0 unspecified atom stereocenters. The van der Waals surface area contributed by atoms with Gasteiger partial charge in [0.05, 0.1) is 26.4 Å². The molecule has 1 aliphatic rings. The van der Waals surface area contributed by atoms with Crippen LogP contribution in [0.2, 0.25) is 0 Å². The van der Waals surface area contributed by atoms with Crippen LogP contribution in [0.1, 0.15) is 0 Å². The molecule has 1 saturated heterocycles. The van der Waals surface area contributed by atoms with Gasteiger partial charge in [0.1, 0.15) is 0 Å². The van der Waals surface area contributed by atoms with Crippen LogP contribution in [0.25, 0.3) is 0 Å². The second kappa shape index (κ2) is 13.2. The monoisotopic (exact) mass is 322 g/mol. The van der Waals surface area contributed by atoms with E-state index in [-0.39, 0.29) is 0 Å². The number of hydrogen-bond donors (Lipinski definition) is 0. The van der Waals surface area contributed by atoms with Crippen LogP contribution in [0.4, 0.5) is 0 Å². The summed E-state index contributed by atoms with van der Waals surface area (Å²) in [6.07, 6.45) is 0. The highest BCUT2D eigenvalue weighted by Crippen LogP contribution is 2.07. The summed E-state index contributed by atoms with van der Waals surface area (Å²) in [7, 11) is 4.34. The van der Waals surface area contributed by atoms with Crippen molar-refractivity contribution in [1.29, 1.82) is 0 Å². The minimum Gasteiger partial charge on any atom is -0.378 e. The number of thioether (sulfide) groups is 2. The van der Waals surface area contributed by atoms with Gasteiger partial charge in [-0.05, 0) is 14.1 Å². The predicted molar refractivity (Wildman–Crippen MR) is 91.3 cm³/mol. The van der Waals surface area contributed by atoms with Crippen molar-refractivity contribution in [2.24, 2.45) is 0 Å². The van der Waals surface area contributed by atoms with Crippen LogP contribution in [-0.4, -0.2) is 99.5 Å². The number of hydrogen-bond acceptors (Lipinski definition) is 6. The van der Waals surface area contributed by atoms with E-state index < -0.39 is 0 Å². The summed E-state index contributed by atoms with van der Waals surface area (Å²) in [6.45, 7) is 7.36. The summed E-state index contributed by atoms with van der Waals surface area (Å²) in [6, 6.07) is 0. The zero-order chi connectivity index (χ0) is 14.5. The molecule has 0 atom stereocenters. The van der Waals surface area contributed by atoms with Crippen LogP contribution >= 0.6 is 23.5 Å². The number of ether oxygens (including phenoxy) is 2. The molecule has 120 valence electrons. The lowest BCUT2D eigenvalue weighted by atomic mass is 10.5. The van der Waals surface area contributed by atoms with Gasteiger partial charge in [-0.15, -0.1) is 0 Å². The molecule has 1 fully saturated rings. The molecule has 0 aromatic rings. The molecule has 1 rings (SSSR count). The molecule has 1 aliphatic heterocycles. The summed E-state index contributed by atoms with van der Waals surface area (Å²) in [4.78, 5) is 4.69. The van der Waals surface area contributed by atoms with Gasteiger partial charge in [0, 0.05) is 49.2 Å². The van der Waals surface area contributed by atoms with Crippen molar-refractivity contribution in [3.63, 3.8) is 0 Å². The minimum absolute atomic E-state index is 0.710. The fraction of sp³-hybridized carbons (Fsp3) is 1.00. The summed E-state index contributed by atoms with van der Waals surface area (Å²) in [5.74, 6) is 4.98. The molecule has 0 spiro atoms. The highest BCUT2D eigenvalue weighted by Gasteiger charge is 2.01. The first-order chi connectivity index (χ1) is 9.79. The average Bonchev–Trinajstić information content (AvgIpc) is 2.43. The Labute approximate surface area is 132 Å². The van der Waals surface area contributed by atoms with Crippen molar-refractivity contribution in [3.05, 3.63) is 0 Å². The smallest absolute Gasteiger partial charge is 0.0701 e. The molecule has 0 radical (unpaired) electrons. The van der Waals surface area contributed by atoms with Crippen molar-refractivity contribution in [2.75, 3.05) is 89.7 Å². The van der Waals surface area contributed by atoms with E-state index >= 15 is 0 Å². The lowest BCUT2D eigenvalue weighted by molar-refractivity contribution is 0.0359. The third-order valence-electron chi connectivity index (χ3n) is 3.21. The van der Waals surface area contributed by atoms with E-state index in [0.717, 1.165) is 39.4 Å². The molecule has 20 heavy (non-hydrogen) atoms. The third kappa shape index (κ3) is 11.2. The second-order valence-corrected chi connectivity index (χ2v) is 7.51. The molecule has 4 nitrogen and oxygen atoms in total. The van der Waals surface area contributed by atoms with Crippen molar-refractivity contribution >= 4 is 23.5 Å². The Balaban J connectivity index is 2.16. The van der Waals surface area contributed by atoms with Crippen molar-refractivity contribution in [2.45, 2.75) is 0 Å². The van der Waals surface area contributed by atoms with E-state index in [4.69, 9.17) is 9.47 Å². The first kappa shape index (κ1) is 18.6. The zero-order valence-corrected chi connectivity index (χ0v) is 14.6. The maximum atomic E-state index is 5.59. The normalized spacial score (nSPS) is 24.9.